The van der Waals surface area contributed by atoms with Gasteiger partial charge in [-0.1, -0.05) is 12.1 Å². The predicted octanol–water partition coefficient (Wildman–Crippen LogP) is 5.72. The number of rotatable bonds is 10. The Balaban J connectivity index is 1.60. The lowest BCUT2D eigenvalue weighted by molar-refractivity contribution is -0.139. The molecule has 0 aliphatic rings. The van der Waals surface area contributed by atoms with Crippen molar-refractivity contribution in [1.29, 1.82) is 0 Å². The number of nitrogens with one attached hydrogen (secondary N) is 1. The average Bonchev–Trinajstić information content (AvgIpc) is 2.89. The average molecular weight is 566 g/mol. The second kappa shape index (κ2) is 11.3. The minimum absolute atomic E-state index is 0.221. The molecule has 8 nitrogen and oxygen atoms in total. The number of hydrogen-bond donors (Lipinski definition) is 2. The van der Waals surface area contributed by atoms with Gasteiger partial charge in [-0.3, -0.25) is 9.71 Å². The summed E-state index contributed by atoms with van der Waals surface area (Å²) in [5.41, 5.74) is 4.34. The fourth-order valence-electron chi connectivity index (χ4n) is 3.67. The van der Waals surface area contributed by atoms with Crippen molar-refractivity contribution in [2.45, 2.75) is 17.5 Å². The first-order chi connectivity index (χ1) is 18.5. The van der Waals surface area contributed by atoms with Crippen LogP contribution in [0.5, 0.6) is 23.0 Å². The zero-order valence-corrected chi connectivity index (χ0v) is 21.3. The van der Waals surface area contributed by atoms with Gasteiger partial charge in [-0.05, 0) is 49.4 Å². The van der Waals surface area contributed by atoms with Gasteiger partial charge in [0, 0.05) is 23.7 Å². The number of hydrogen-bond acceptors (Lipinski definition) is 7. The summed E-state index contributed by atoms with van der Waals surface area (Å²) < 4.78 is 99.0. The van der Waals surface area contributed by atoms with Crippen LogP contribution in [0.3, 0.4) is 0 Å². The summed E-state index contributed by atoms with van der Waals surface area (Å²) in [6.45, 7) is 0.830. The topological polar surface area (TPSA) is 113 Å². The molecule has 4 rings (SSSR count). The number of ether oxygens (including phenoxy) is 3. The Labute approximate surface area is 221 Å². The van der Waals surface area contributed by atoms with E-state index in [2.05, 4.69) is 4.98 Å². The van der Waals surface area contributed by atoms with Gasteiger partial charge in [-0.15, -0.1) is 0 Å². The molecule has 0 amide bonds. The van der Waals surface area contributed by atoms with Crippen LogP contribution >= 0.6 is 0 Å². The first kappa shape index (κ1) is 27.9. The first-order valence-corrected chi connectivity index (χ1v) is 13.0. The third-order valence-corrected chi connectivity index (χ3v) is 6.92. The smallest absolute Gasteiger partial charge is 0.417 e. The highest BCUT2D eigenvalue weighted by Gasteiger charge is 2.37. The highest BCUT2D eigenvalue weighted by atomic mass is 32.2. The number of nitrogens with zero attached hydrogens (tertiary/aromatic N) is 1. The van der Waals surface area contributed by atoms with Gasteiger partial charge >= 0.3 is 6.18 Å². The molecule has 0 spiro atoms. The van der Waals surface area contributed by atoms with Gasteiger partial charge in [0.25, 0.3) is 10.0 Å². The minimum Gasteiger partial charge on any atom is -0.493 e. The lowest BCUT2D eigenvalue weighted by atomic mass is 10.1. The molecule has 0 saturated heterocycles. The number of anilines is 1. The zero-order chi connectivity index (χ0) is 28.2. The van der Waals surface area contributed by atoms with Gasteiger partial charge in [0.2, 0.25) is 0 Å². The number of sulfonamides is 1. The van der Waals surface area contributed by atoms with Crippen molar-refractivity contribution in [3.05, 3.63) is 78.2 Å². The molecule has 1 heterocycles. The second-order valence-corrected chi connectivity index (χ2v) is 9.82. The second-order valence-electron chi connectivity index (χ2n) is 8.17. The standard InChI is InChI=1S/C26H23F4N3O5S/c1-36-23-14-17-20(15-24(23)37-12-4-10-31)32-11-9-21(17)38-22-8-7-16(13-19(22)27)33-39(34,35)25-6-3-2-5-18(25)26(28,29)30/h2-3,5-9,11,13-15,33H,4,10,12,31H2,1H3. The molecular weight excluding hydrogens is 542 g/mol. The summed E-state index contributed by atoms with van der Waals surface area (Å²) >= 11 is 0. The SMILES string of the molecule is COc1cc2c(Oc3ccc(NS(=O)(=O)c4ccccc4C(F)(F)F)cc3F)ccnc2cc1OCCCN. The molecule has 3 aromatic carbocycles. The molecule has 4 aromatic rings. The van der Waals surface area contributed by atoms with Crippen LogP contribution in [0.2, 0.25) is 0 Å². The van der Waals surface area contributed by atoms with Crippen molar-refractivity contribution >= 4 is 26.6 Å². The Hall–Kier alpha value is -4.10. The fraction of sp³-hybridized carbons (Fsp3) is 0.192. The van der Waals surface area contributed by atoms with E-state index in [1.54, 1.807) is 12.1 Å². The molecule has 0 saturated carbocycles. The molecule has 3 N–H and O–H groups in total. The predicted molar refractivity (Wildman–Crippen MR) is 136 cm³/mol. The van der Waals surface area contributed by atoms with Gasteiger partial charge in [0.15, 0.2) is 23.1 Å². The first-order valence-electron chi connectivity index (χ1n) is 11.5. The van der Waals surface area contributed by atoms with Gasteiger partial charge in [0.1, 0.15) is 5.75 Å². The number of nitrogens with two attached hydrogens (primary N) is 1. The van der Waals surface area contributed by atoms with Crippen LogP contribution in [0, 0.1) is 5.82 Å². The number of fused-ring (bicyclic) bond motifs is 1. The van der Waals surface area contributed by atoms with Gasteiger partial charge < -0.3 is 19.9 Å². The van der Waals surface area contributed by atoms with E-state index in [1.807, 2.05) is 4.72 Å². The fourth-order valence-corrected chi connectivity index (χ4v) is 4.94. The van der Waals surface area contributed by atoms with E-state index in [0.717, 1.165) is 30.3 Å². The van der Waals surface area contributed by atoms with Gasteiger partial charge in [0.05, 0.1) is 35.4 Å². The molecule has 39 heavy (non-hydrogen) atoms. The largest absolute Gasteiger partial charge is 0.493 e. The van der Waals surface area contributed by atoms with Gasteiger partial charge in [-0.25, -0.2) is 12.8 Å². The Bertz CT molecular complexity index is 1600. The van der Waals surface area contributed by atoms with Crippen LogP contribution in [0.15, 0.2) is 71.8 Å². The normalized spacial score (nSPS) is 11.8. The van der Waals surface area contributed by atoms with Crippen LogP contribution in [-0.2, 0) is 16.2 Å². The summed E-state index contributed by atoms with van der Waals surface area (Å²) in [4.78, 5) is 3.30. The molecule has 0 radical (unpaired) electrons. The van der Waals surface area contributed by atoms with Crippen molar-refractivity contribution in [3.8, 4) is 23.0 Å². The van der Waals surface area contributed by atoms with Crippen LogP contribution in [0.4, 0.5) is 23.2 Å². The lowest BCUT2D eigenvalue weighted by Gasteiger charge is -2.15. The molecule has 0 atom stereocenters. The monoisotopic (exact) mass is 565 g/mol. The molecule has 0 aliphatic carbocycles. The number of pyridine rings is 1. The summed E-state index contributed by atoms with van der Waals surface area (Å²) in [6.07, 6.45) is -2.81. The minimum atomic E-state index is -4.90. The third-order valence-electron chi connectivity index (χ3n) is 5.48. The number of aromatic nitrogens is 1. The molecule has 0 fully saturated rings. The summed E-state index contributed by atoms with van der Waals surface area (Å²) in [5, 5.41) is 0.480. The van der Waals surface area contributed by atoms with E-state index in [1.165, 1.54) is 25.4 Å². The molecule has 13 heteroatoms. The molecule has 0 bridgehead atoms. The number of benzene rings is 3. The maximum atomic E-state index is 15.0. The van der Waals surface area contributed by atoms with Crippen molar-refractivity contribution < 1.29 is 40.2 Å². The van der Waals surface area contributed by atoms with Gasteiger partial charge in [-0.2, -0.15) is 13.2 Å². The van der Waals surface area contributed by atoms with Crippen molar-refractivity contribution in [2.24, 2.45) is 5.73 Å². The lowest BCUT2D eigenvalue weighted by Crippen LogP contribution is -2.19. The Morgan fingerprint density at radius 1 is 0.974 bits per heavy atom. The maximum Gasteiger partial charge on any atom is 0.417 e. The van der Waals surface area contributed by atoms with E-state index in [-0.39, 0.29) is 17.2 Å². The summed E-state index contributed by atoms with van der Waals surface area (Å²) in [6, 6.07) is 11.6. The third kappa shape index (κ3) is 6.32. The van der Waals surface area contributed by atoms with Crippen LogP contribution in [0.25, 0.3) is 10.9 Å². The molecule has 0 aliphatic heterocycles. The van der Waals surface area contributed by atoms with Crippen molar-refractivity contribution in [1.82, 2.24) is 4.98 Å². The maximum absolute atomic E-state index is 15.0. The van der Waals surface area contributed by atoms with E-state index in [0.29, 0.717) is 48.0 Å². The Morgan fingerprint density at radius 2 is 1.74 bits per heavy atom. The number of halogens is 4. The molecule has 0 unspecified atom stereocenters. The number of alkyl halides is 3. The van der Waals surface area contributed by atoms with Crippen molar-refractivity contribution in [3.63, 3.8) is 0 Å². The van der Waals surface area contributed by atoms with Crippen molar-refractivity contribution in [2.75, 3.05) is 25.0 Å². The van der Waals surface area contributed by atoms with E-state index < -0.39 is 32.5 Å². The summed E-state index contributed by atoms with van der Waals surface area (Å²) in [7, 11) is -3.22. The quantitative estimate of drug-likeness (QED) is 0.187. The molecule has 206 valence electrons. The Kier molecular flexibility index (Phi) is 8.11. The van der Waals surface area contributed by atoms with Crippen LogP contribution < -0.4 is 24.7 Å². The highest BCUT2D eigenvalue weighted by molar-refractivity contribution is 7.92. The molecule has 1 aromatic heterocycles. The van der Waals surface area contributed by atoms with E-state index in [9.17, 15) is 26.0 Å². The summed E-state index contributed by atoms with van der Waals surface area (Å²) in [5.74, 6) is -0.167. The Morgan fingerprint density at radius 3 is 2.44 bits per heavy atom. The van der Waals surface area contributed by atoms with E-state index >= 15 is 0 Å². The zero-order valence-electron chi connectivity index (χ0n) is 20.5. The number of methoxy groups -OCH3 is 1. The highest BCUT2D eigenvalue weighted by Crippen LogP contribution is 2.38. The van der Waals surface area contributed by atoms with Crippen LogP contribution in [0.1, 0.15) is 12.0 Å². The molecular formula is C26H23F4N3O5S. The van der Waals surface area contributed by atoms with Crippen LogP contribution in [-0.4, -0.2) is 33.7 Å². The van der Waals surface area contributed by atoms with E-state index in [4.69, 9.17) is 19.9 Å².